The Balaban J connectivity index is 1.76. The summed E-state index contributed by atoms with van der Waals surface area (Å²) in [6.07, 6.45) is 0.360. The number of nitrogens with one attached hydrogen (secondary N) is 1. The topological polar surface area (TPSA) is 113 Å². The van der Waals surface area contributed by atoms with Crippen LogP contribution in [0.15, 0.2) is 36.8 Å². The van der Waals surface area contributed by atoms with Gasteiger partial charge in [-0.15, -0.1) is 0 Å². The van der Waals surface area contributed by atoms with Gasteiger partial charge in [-0.05, 0) is 18.1 Å². The standard InChI is InChI=1S/C19H20N4O4/c1-19(26)15(25)13(8-24)27-18(19)23-7-12-11-5-3-2-4-10(11)6-20-16-14(12)17(23)22-9-21-16/h2-5,7,9,13,15,18,24-26H,6,8H2,1H3,(H,20,21,22)/t13-,15-,18?,19+/m1/s1. The molecule has 2 aliphatic heterocycles. The number of benzene rings is 1. The maximum Gasteiger partial charge on any atom is 0.167 e. The van der Waals surface area contributed by atoms with Crippen molar-refractivity contribution in [3.63, 3.8) is 0 Å². The molecular formula is C19H20N4O4. The number of ether oxygens (including phenoxy) is 1. The van der Waals surface area contributed by atoms with E-state index in [0.29, 0.717) is 18.0 Å². The first-order valence-electron chi connectivity index (χ1n) is 8.87. The highest BCUT2D eigenvalue weighted by atomic mass is 16.6. The zero-order valence-corrected chi connectivity index (χ0v) is 14.7. The monoisotopic (exact) mass is 368 g/mol. The third-order valence-electron chi connectivity index (χ3n) is 5.55. The fourth-order valence-electron chi connectivity index (χ4n) is 4.11. The Morgan fingerprint density at radius 2 is 2.11 bits per heavy atom. The Hall–Kier alpha value is -2.52. The van der Waals surface area contributed by atoms with Crippen LogP contribution in [0.4, 0.5) is 5.82 Å². The van der Waals surface area contributed by atoms with Crippen LogP contribution in [0.3, 0.4) is 0 Å². The van der Waals surface area contributed by atoms with E-state index >= 15 is 0 Å². The summed E-state index contributed by atoms with van der Waals surface area (Å²) in [5.41, 5.74) is 2.12. The third-order valence-corrected chi connectivity index (χ3v) is 5.55. The number of hydrogen-bond acceptors (Lipinski definition) is 7. The summed E-state index contributed by atoms with van der Waals surface area (Å²) in [5, 5.41) is 34.9. The molecule has 1 aromatic carbocycles. The largest absolute Gasteiger partial charge is 0.394 e. The molecule has 2 aliphatic rings. The van der Waals surface area contributed by atoms with Gasteiger partial charge in [0.25, 0.3) is 0 Å². The predicted octanol–water partition coefficient (Wildman–Crippen LogP) is 1.03. The molecule has 4 heterocycles. The van der Waals surface area contributed by atoms with E-state index in [2.05, 4.69) is 21.4 Å². The first kappa shape index (κ1) is 16.6. The Morgan fingerprint density at radius 1 is 1.30 bits per heavy atom. The van der Waals surface area contributed by atoms with Gasteiger partial charge in [0.2, 0.25) is 0 Å². The number of rotatable bonds is 2. The Kier molecular flexibility index (Phi) is 3.54. The SMILES string of the molecule is C[C@@]1(O)C(n2cc3c4c(ncnc42)NCc2ccccc2-3)O[C@H](CO)[C@H]1O. The minimum atomic E-state index is -1.58. The van der Waals surface area contributed by atoms with E-state index in [4.69, 9.17) is 4.74 Å². The first-order valence-corrected chi connectivity index (χ1v) is 8.87. The summed E-state index contributed by atoms with van der Waals surface area (Å²) in [7, 11) is 0. The van der Waals surface area contributed by atoms with Crippen LogP contribution in [-0.4, -0.2) is 54.3 Å². The molecule has 0 amide bonds. The van der Waals surface area contributed by atoms with Gasteiger partial charge < -0.3 is 29.9 Å². The molecule has 1 unspecified atom stereocenters. The van der Waals surface area contributed by atoms with Crippen LogP contribution in [0, 0.1) is 0 Å². The van der Waals surface area contributed by atoms with Crippen molar-refractivity contribution in [2.24, 2.45) is 0 Å². The van der Waals surface area contributed by atoms with Gasteiger partial charge in [0.1, 0.15) is 35.6 Å². The summed E-state index contributed by atoms with van der Waals surface area (Å²) in [4.78, 5) is 8.80. The van der Waals surface area contributed by atoms with Crippen molar-refractivity contribution in [1.82, 2.24) is 14.5 Å². The average molecular weight is 368 g/mol. The maximum atomic E-state index is 10.9. The zero-order valence-electron chi connectivity index (χ0n) is 14.7. The van der Waals surface area contributed by atoms with Crippen molar-refractivity contribution in [3.05, 3.63) is 42.4 Å². The molecule has 0 radical (unpaired) electrons. The smallest absolute Gasteiger partial charge is 0.167 e. The van der Waals surface area contributed by atoms with Crippen LogP contribution in [0.25, 0.3) is 22.2 Å². The van der Waals surface area contributed by atoms with E-state index in [1.54, 1.807) is 4.57 Å². The van der Waals surface area contributed by atoms with Crippen LogP contribution in [-0.2, 0) is 11.3 Å². The Morgan fingerprint density at radius 3 is 2.89 bits per heavy atom. The van der Waals surface area contributed by atoms with Gasteiger partial charge in [-0.2, -0.15) is 0 Å². The lowest BCUT2D eigenvalue weighted by molar-refractivity contribution is -0.0948. The summed E-state index contributed by atoms with van der Waals surface area (Å²) in [6.45, 7) is 1.77. The van der Waals surface area contributed by atoms with Gasteiger partial charge in [0, 0.05) is 18.3 Å². The molecule has 3 aromatic rings. The number of hydrogen-bond donors (Lipinski definition) is 4. The number of fused-ring (bicyclic) bond motifs is 2. The average Bonchev–Trinajstić information content (AvgIpc) is 3.09. The summed E-state index contributed by atoms with van der Waals surface area (Å²) >= 11 is 0. The van der Waals surface area contributed by atoms with Crippen molar-refractivity contribution in [2.45, 2.75) is 37.5 Å². The van der Waals surface area contributed by atoms with Crippen molar-refractivity contribution >= 4 is 16.9 Å². The highest BCUT2D eigenvalue weighted by Gasteiger charge is 2.53. The van der Waals surface area contributed by atoms with Gasteiger partial charge in [0.05, 0.1) is 12.0 Å². The molecule has 140 valence electrons. The number of aromatic nitrogens is 3. The van der Waals surface area contributed by atoms with Gasteiger partial charge in [-0.25, -0.2) is 9.97 Å². The number of aliphatic hydroxyl groups is 3. The Bertz CT molecular complexity index is 1030. The highest BCUT2D eigenvalue weighted by molar-refractivity contribution is 6.02. The van der Waals surface area contributed by atoms with Gasteiger partial charge in [-0.1, -0.05) is 24.3 Å². The third kappa shape index (κ3) is 2.24. The van der Waals surface area contributed by atoms with E-state index in [0.717, 1.165) is 22.1 Å². The molecule has 0 spiro atoms. The molecule has 1 fully saturated rings. The molecule has 2 aromatic heterocycles. The van der Waals surface area contributed by atoms with Crippen LogP contribution in [0.1, 0.15) is 18.7 Å². The molecular weight excluding hydrogens is 348 g/mol. The van der Waals surface area contributed by atoms with Crippen LogP contribution in [0.5, 0.6) is 0 Å². The van der Waals surface area contributed by atoms with Crippen molar-refractivity contribution in [3.8, 4) is 11.1 Å². The Labute approximate surface area is 155 Å². The second-order valence-corrected chi connectivity index (χ2v) is 7.26. The van der Waals surface area contributed by atoms with Crippen LogP contribution < -0.4 is 5.32 Å². The maximum absolute atomic E-state index is 10.9. The van der Waals surface area contributed by atoms with E-state index in [1.165, 1.54) is 13.3 Å². The molecule has 5 rings (SSSR count). The molecule has 8 heteroatoms. The fraction of sp³-hybridized carbons (Fsp3) is 0.368. The summed E-state index contributed by atoms with van der Waals surface area (Å²) in [5.74, 6) is 0.710. The van der Waals surface area contributed by atoms with E-state index in [1.807, 2.05) is 24.4 Å². The van der Waals surface area contributed by atoms with Crippen LogP contribution >= 0.6 is 0 Å². The molecule has 0 bridgehead atoms. The molecule has 27 heavy (non-hydrogen) atoms. The number of nitrogens with zero attached hydrogens (tertiary/aromatic N) is 3. The van der Waals surface area contributed by atoms with E-state index < -0.39 is 24.0 Å². The van der Waals surface area contributed by atoms with Gasteiger partial charge in [-0.3, -0.25) is 0 Å². The molecule has 4 atom stereocenters. The lowest BCUT2D eigenvalue weighted by atomic mass is 9.96. The van der Waals surface area contributed by atoms with Gasteiger partial charge >= 0.3 is 0 Å². The van der Waals surface area contributed by atoms with Crippen molar-refractivity contribution in [2.75, 3.05) is 11.9 Å². The lowest BCUT2D eigenvalue weighted by Crippen LogP contribution is -2.44. The van der Waals surface area contributed by atoms with Gasteiger partial charge in [0.15, 0.2) is 6.23 Å². The fourth-order valence-corrected chi connectivity index (χ4v) is 4.11. The zero-order chi connectivity index (χ0) is 18.8. The number of anilines is 1. The van der Waals surface area contributed by atoms with Crippen LogP contribution in [0.2, 0.25) is 0 Å². The quantitative estimate of drug-likeness (QED) is 0.534. The molecule has 1 saturated heterocycles. The molecule has 0 saturated carbocycles. The van der Waals surface area contributed by atoms with E-state index in [9.17, 15) is 15.3 Å². The minimum Gasteiger partial charge on any atom is -0.394 e. The minimum absolute atomic E-state index is 0.384. The number of aliphatic hydroxyl groups excluding tert-OH is 2. The van der Waals surface area contributed by atoms with Crippen molar-refractivity contribution in [1.29, 1.82) is 0 Å². The molecule has 8 nitrogen and oxygen atoms in total. The predicted molar refractivity (Wildman–Crippen MR) is 97.9 cm³/mol. The lowest BCUT2D eigenvalue weighted by Gasteiger charge is -2.27. The van der Waals surface area contributed by atoms with Crippen molar-refractivity contribution < 1.29 is 20.1 Å². The molecule has 0 aliphatic carbocycles. The normalized spacial score (nSPS) is 29.4. The molecule has 4 N–H and O–H groups in total. The summed E-state index contributed by atoms with van der Waals surface area (Å²) < 4.78 is 7.52. The highest BCUT2D eigenvalue weighted by Crippen LogP contribution is 2.44. The van der Waals surface area contributed by atoms with E-state index in [-0.39, 0.29) is 6.61 Å². The summed E-state index contributed by atoms with van der Waals surface area (Å²) in [6, 6.07) is 8.06. The second kappa shape index (κ2) is 5.74. The second-order valence-electron chi connectivity index (χ2n) is 7.26. The first-order chi connectivity index (χ1) is 13.0.